The molecule has 0 heterocycles. The molecule has 1 N–H and O–H groups in total. The molecule has 0 fully saturated rings. The first-order valence-corrected chi connectivity index (χ1v) is 4.25. The van der Waals surface area contributed by atoms with Crippen LogP contribution in [0.25, 0.3) is 0 Å². The number of terminal acetylenes is 1. The van der Waals surface area contributed by atoms with E-state index >= 15 is 0 Å². The second-order valence-electron chi connectivity index (χ2n) is 3.55. The topological polar surface area (TPSA) is 46.5 Å². The summed E-state index contributed by atoms with van der Waals surface area (Å²) >= 11 is 0. The average molecular weight is 184 g/mol. The highest BCUT2D eigenvalue weighted by Crippen LogP contribution is 2.21. The van der Waals surface area contributed by atoms with E-state index in [2.05, 4.69) is 5.92 Å². The van der Waals surface area contributed by atoms with Gasteiger partial charge in [0, 0.05) is 6.61 Å². The summed E-state index contributed by atoms with van der Waals surface area (Å²) in [5.74, 6) is 1.58. The molecular formula is C10H16O3. The number of aliphatic carboxylic acids is 1. The molecule has 0 aliphatic heterocycles. The van der Waals surface area contributed by atoms with Gasteiger partial charge in [0.25, 0.3) is 0 Å². The molecule has 0 saturated heterocycles. The Morgan fingerprint density at radius 3 is 2.69 bits per heavy atom. The first kappa shape index (κ1) is 12.0. The third-order valence-electron chi connectivity index (χ3n) is 1.85. The maximum atomic E-state index is 10.7. The lowest BCUT2D eigenvalue weighted by Crippen LogP contribution is -2.23. The minimum absolute atomic E-state index is 0.299. The number of carboxylic acids is 1. The van der Waals surface area contributed by atoms with Gasteiger partial charge in [-0.25, -0.2) is 0 Å². The molecular weight excluding hydrogens is 168 g/mol. The van der Waals surface area contributed by atoms with Crippen molar-refractivity contribution >= 4 is 5.97 Å². The smallest absolute Gasteiger partial charge is 0.309 e. The summed E-state index contributed by atoms with van der Waals surface area (Å²) in [6, 6.07) is 0. The molecule has 0 aromatic carbocycles. The molecule has 0 amide bonds. The predicted molar refractivity (Wildman–Crippen MR) is 50.3 cm³/mol. The maximum Gasteiger partial charge on any atom is 0.309 e. The molecule has 0 aromatic rings. The molecule has 0 spiro atoms. The molecule has 0 radical (unpaired) electrons. The Morgan fingerprint density at radius 1 is 1.62 bits per heavy atom. The van der Waals surface area contributed by atoms with E-state index in [9.17, 15) is 4.79 Å². The lowest BCUT2D eigenvalue weighted by atomic mass is 9.88. The molecule has 0 aliphatic rings. The highest BCUT2D eigenvalue weighted by Gasteiger charge is 2.25. The van der Waals surface area contributed by atoms with E-state index in [0.29, 0.717) is 19.6 Å². The zero-order chi connectivity index (χ0) is 10.3. The van der Waals surface area contributed by atoms with E-state index in [0.717, 1.165) is 6.42 Å². The van der Waals surface area contributed by atoms with Crippen LogP contribution in [-0.2, 0) is 9.53 Å². The summed E-state index contributed by atoms with van der Waals surface area (Å²) in [6.45, 7) is 4.24. The molecule has 0 aromatic heterocycles. The van der Waals surface area contributed by atoms with Crippen LogP contribution in [0.3, 0.4) is 0 Å². The van der Waals surface area contributed by atoms with Crippen LogP contribution in [0, 0.1) is 17.8 Å². The van der Waals surface area contributed by atoms with Crippen LogP contribution >= 0.6 is 0 Å². The monoisotopic (exact) mass is 184 g/mol. The Morgan fingerprint density at radius 2 is 2.23 bits per heavy atom. The average Bonchev–Trinajstić information content (AvgIpc) is 2.03. The third-order valence-corrected chi connectivity index (χ3v) is 1.85. The summed E-state index contributed by atoms with van der Waals surface area (Å²) < 4.78 is 5.03. The van der Waals surface area contributed by atoms with E-state index in [-0.39, 0.29) is 0 Å². The van der Waals surface area contributed by atoms with Crippen LogP contribution in [0.1, 0.15) is 26.7 Å². The lowest BCUT2D eigenvalue weighted by molar-refractivity contribution is -0.147. The quantitative estimate of drug-likeness (QED) is 0.503. The summed E-state index contributed by atoms with van der Waals surface area (Å²) in [6.07, 6.45) is 6.30. The van der Waals surface area contributed by atoms with Gasteiger partial charge >= 0.3 is 5.97 Å². The molecule has 74 valence electrons. The standard InChI is InChI=1S/C10H16O3/c1-4-7-13-8-5-6-10(2,3)9(11)12/h1H,5-8H2,2-3H3,(H,11,12). The number of hydrogen-bond donors (Lipinski definition) is 1. The van der Waals surface area contributed by atoms with Crippen LogP contribution in [0.15, 0.2) is 0 Å². The summed E-state index contributed by atoms with van der Waals surface area (Å²) in [4.78, 5) is 10.7. The van der Waals surface area contributed by atoms with Gasteiger partial charge in [-0.05, 0) is 26.7 Å². The largest absolute Gasteiger partial charge is 0.481 e. The van der Waals surface area contributed by atoms with Gasteiger partial charge in [-0.2, -0.15) is 0 Å². The van der Waals surface area contributed by atoms with E-state index in [4.69, 9.17) is 16.3 Å². The predicted octanol–water partition coefficient (Wildman–Crippen LogP) is 1.53. The summed E-state index contributed by atoms with van der Waals surface area (Å²) in [7, 11) is 0. The lowest BCUT2D eigenvalue weighted by Gasteiger charge is -2.18. The van der Waals surface area contributed by atoms with Crippen molar-refractivity contribution in [3.05, 3.63) is 0 Å². The van der Waals surface area contributed by atoms with E-state index in [1.165, 1.54) is 0 Å². The Hall–Kier alpha value is -1.01. The summed E-state index contributed by atoms with van der Waals surface area (Å²) in [5, 5.41) is 8.77. The Labute approximate surface area is 79.1 Å². The zero-order valence-corrected chi connectivity index (χ0v) is 8.17. The Bertz CT molecular complexity index is 201. The van der Waals surface area contributed by atoms with Crippen molar-refractivity contribution in [3.8, 4) is 12.3 Å². The van der Waals surface area contributed by atoms with Gasteiger partial charge in [-0.1, -0.05) is 5.92 Å². The van der Waals surface area contributed by atoms with Crippen LogP contribution in [-0.4, -0.2) is 24.3 Å². The molecule has 0 bridgehead atoms. The number of carboxylic acid groups (broad SMARTS) is 1. The van der Waals surface area contributed by atoms with Gasteiger partial charge in [0.05, 0.1) is 5.41 Å². The van der Waals surface area contributed by atoms with Crippen molar-refractivity contribution in [1.82, 2.24) is 0 Å². The van der Waals surface area contributed by atoms with Gasteiger partial charge in [0.15, 0.2) is 0 Å². The van der Waals surface area contributed by atoms with Crippen LogP contribution in [0.5, 0.6) is 0 Å². The molecule has 0 atom stereocenters. The van der Waals surface area contributed by atoms with Crippen molar-refractivity contribution < 1.29 is 14.6 Å². The van der Waals surface area contributed by atoms with Crippen LogP contribution in [0.4, 0.5) is 0 Å². The SMILES string of the molecule is C#CCOCCCC(C)(C)C(=O)O. The van der Waals surface area contributed by atoms with Crippen molar-refractivity contribution in [2.24, 2.45) is 5.41 Å². The fourth-order valence-electron chi connectivity index (χ4n) is 0.854. The minimum Gasteiger partial charge on any atom is -0.481 e. The normalized spacial score (nSPS) is 10.8. The highest BCUT2D eigenvalue weighted by atomic mass is 16.5. The summed E-state index contributed by atoms with van der Waals surface area (Å²) in [5.41, 5.74) is -0.667. The molecule has 0 rings (SSSR count). The molecule has 3 nitrogen and oxygen atoms in total. The van der Waals surface area contributed by atoms with Gasteiger partial charge in [0.1, 0.15) is 6.61 Å². The van der Waals surface area contributed by atoms with Crippen molar-refractivity contribution in [2.75, 3.05) is 13.2 Å². The molecule has 13 heavy (non-hydrogen) atoms. The molecule has 0 aliphatic carbocycles. The van der Waals surface area contributed by atoms with Gasteiger partial charge in [-0.3, -0.25) is 4.79 Å². The first-order chi connectivity index (χ1) is 6.00. The zero-order valence-electron chi connectivity index (χ0n) is 8.17. The fourth-order valence-corrected chi connectivity index (χ4v) is 0.854. The van der Waals surface area contributed by atoms with E-state index in [1.807, 2.05) is 0 Å². The highest BCUT2D eigenvalue weighted by molar-refractivity contribution is 5.73. The number of ether oxygens (including phenoxy) is 1. The van der Waals surface area contributed by atoms with Crippen LogP contribution < -0.4 is 0 Å². The third kappa shape index (κ3) is 5.26. The van der Waals surface area contributed by atoms with Gasteiger partial charge in [0.2, 0.25) is 0 Å². The van der Waals surface area contributed by atoms with Gasteiger partial charge < -0.3 is 9.84 Å². The first-order valence-electron chi connectivity index (χ1n) is 4.25. The minimum atomic E-state index is -0.774. The number of rotatable bonds is 6. The van der Waals surface area contributed by atoms with E-state index in [1.54, 1.807) is 13.8 Å². The van der Waals surface area contributed by atoms with Gasteiger partial charge in [-0.15, -0.1) is 6.42 Å². The maximum absolute atomic E-state index is 10.7. The number of hydrogen-bond acceptors (Lipinski definition) is 2. The molecule has 3 heteroatoms. The van der Waals surface area contributed by atoms with Crippen molar-refractivity contribution in [1.29, 1.82) is 0 Å². The second kappa shape index (κ2) is 5.60. The van der Waals surface area contributed by atoms with Crippen molar-refractivity contribution in [3.63, 3.8) is 0 Å². The Balaban J connectivity index is 3.53. The Kier molecular flexibility index (Phi) is 5.17. The van der Waals surface area contributed by atoms with Crippen LogP contribution in [0.2, 0.25) is 0 Å². The second-order valence-corrected chi connectivity index (χ2v) is 3.55. The fraction of sp³-hybridized carbons (Fsp3) is 0.700. The van der Waals surface area contributed by atoms with Crippen molar-refractivity contribution in [2.45, 2.75) is 26.7 Å². The molecule has 0 unspecified atom stereocenters. The number of carbonyl (C=O) groups is 1. The molecule has 0 saturated carbocycles. The van der Waals surface area contributed by atoms with E-state index < -0.39 is 11.4 Å².